The summed E-state index contributed by atoms with van der Waals surface area (Å²) in [4.78, 5) is 21.2. The lowest BCUT2D eigenvalue weighted by Gasteiger charge is -2.28. The van der Waals surface area contributed by atoms with E-state index in [4.69, 9.17) is 18.9 Å². The molecule has 2 N–H and O–H groups in total. The van der Waals surface area contributed by atoms with Crippen LogP contribution in [-0.4, -0.2) is 50.9 Å². The molecule has 3 heterocycles. The first-order valence-electron chi connectivity index (χ1n) is 16.1. The van der Waals surface area contributed by atoms with Gasteiger partial charge in [0.05, 0.1) is 65.1 Å². The number of thiazole rings is 1. The molecule has 2 aliphatic heterocycles. The monoisotopic (exact) mass is 662 g/mol. The highest BCUT2D eigenvalue weighted by Gasteiger charge is 2.21. The van der Waals surface area contributed by atoms with Gasteiger partial charge >= 0.3 is 0 Å². The van der Waals surface area contributed by atoms with Gasteiger partial charge in [0.25, 0.3) is 5.91 Å². The Labute approximate surface area is 284 Å². The average molecular weight is 663 g/mol. The molecule has 1 saturated heterocycles. The van der Waals surface area contributed by atoms with E-state index in [1.165, 1.54) is 5.69 Å². The summed E-state index contributed by atoms with van der Waals surface area (Å²) in [6.07, 6.45) is 0.705. The minimum atomic E-state index is -0.161. The van der Waals surface area contributed by atoms with E-state index in [1.807, 2.05) is 74.5 Å². The minimum Gasteiger partial charge on any atom is -0.493 e. The highest BCUT2D eigenvalue weighted by atomic mass is 32.1. The van der Waals surface area contributed by atoms with Crippen LogP contribution in [0.25, 0.3) is 11.1 Å². The number of aryl methyl sites for hydroxylation is 2. The summed E-state index contributed by atoms with van der Waals surface area (Å²) in [5.41, 5.74) is 8.01. The third-order valence-corrected chi connectivity index (χ3v) is 9.64. The lowest BCUT2D eigenvalue weighted by atomic mass is 10.0. The summed E-state index contributed by atoms with van der Waals surface area (Å²) in [6.45, 7) is 8.29. The molecular formula is C38H38N4O5S. The summed E-state index contributed by atoms with van der Waals surface area (Å²) in [7, 11) is 1.64. The molecule has 0 radical (unpaired) electrons. The van der Waals surface area contributed by atoms with Crippen molar-refractivity contribution in [2.24, 2.45) is 0 Å². The molecular weight excluding hydrogens is 625 g/mol. The van der Waals surface area contributed by atoms with Gasteiger partial charge in [0.15, 0.2) is 11.5 Å². The molecule has 0 atom stereocenters. The molecule has 4 aromatic carbocycles. The van der Waals surface area contributed by atoms with Crippen LogP contribution >= 0.6 is 11.3 Å². The number of amides is 1. The highest BCUT2D eigenvalue weighted by molar-refractivity contribution is 7.11. The molecule has 0 bridgehead atoms. The maximum absolute atomic E-state index is 13.3. The van der Waals surface area contributed by atoms with E-state index < -0.39 is 0 Å². The highest BCUT2D eigenvalue weighted by Crippen LogP contribution is 2.38. The normalized spacial score (nSPS) is 13.9. The molecule has 2 aliphatic rings. The molecule has 1 aromatic heterocycles. The SMILES string of the molecule is COc1cc(-c2ccc3c(c2)Nc2ccc(CCOc4ccc(N5CCOCC5)cc4)cc2NC3=O)ccc1OCc1sc(C)nc1C. The molecule has 0 spiro atoms. The number of morpholine rings is 1. The van der Waals surface area contributed by atoms with E-state index in [0.717, 1.165) is 81.4 Å². The average Bonchev–Trinajstić information content (AvgIpc) is 3.37. The van der Waals surface area contributed by atoms with Crippen LogP contribution in [0.1, 0.15) is 31.5 Å². The molecule has 48 heavy (non-hydrogen) atoms. The number of fused-ring (bicyclic) bond motifs is 2. The summed E-state index contributed by atoms with van der Waals surface area (Å²) < 4.78 is 23.3. The number of hydrogen-bond donors (Lipinski definition) is 2. The third-order valence-electron chi connectivity index (χ3n) is 8.59. The summed E-state index contributed by atoms with van der Waals surface area (Å²) in [5, 5.41) is 7.59. The molecule has 10 heteroatoms. The van der Waals surface area contributed by atoms with E-state index >= 15 is 0 Å². The van der Waals surface area contributed by atoms with Gasteiger partial charge in [-0.25, -0.2) is 4.98 Å². The van der Waals surface area contributed by atoms with E-state index in [1.54, 1.807) is 18.4 Å². The van der Waals surface area contributed by atoms with Crippen molar-refractivity contribution in [2.75, 3.05) is 55.6 Å². The fourth-order valence-electron chi connectivity index (χ4n) is 6.00. The van der Waals surface area contributed by atoms with Gasteiger partial charge in [-0.3, -0.25) is 4.79 Å². The molecule has 0 unspecified atom stereocenters. The van der Waals surface area contributed by atoms with Crippen LogP contribution in [0.2, 0.25) is 0 Å². The number of nitrogens with zero attached hydrogens (tertiary/aromatic N) is 2. The second kappa shape index (κ2) is 14.0. The van der Waals surface area contributed by atoms with Gasteiger partial charge in [-0.2, -0.15) is 0 Å². The zero-order valence-electron chi connectivity index (χ0n) is 27.3. The van der Waals surface area contributed by atoms with Crippen molar-refractivity contribution in [1.29, 1.82) is 0 Å². The van der Waals surface area contributed by atoms with Crippen molar-refractivity contribution in [1.82, 2.24) is 4.98 Å². The van der Waals surface area contributed by atoms with Crippen molar-refractivity contribution in [3.8, 4) is 28.4 Å². The van der Waals surface area contributed by atoms with Gasteiger partial charge in [-0.05, 0) is 91.2 Å². The standard InChI is InChI=1S/C38H38N4O5S/c1-24-37(48-25(2)39-24)23-47-35-13-6-28(22-36(35)44-3)27-5-11-31-33(21-27)40-32-12-4-26(20-34(32)41-38(31)43)14-17-46-30-9-7-29(8-10-30)42-15-18-45-19-16-42/h4-13,20-22,40H,14-19,23H2,1-3H3,(H,41,43). The Morgan fingerprint density at radius 2 is 1.62 bits per heavy atom. The van der Waals surface area contributed by atoms with E-state index in [2.05, 4.69) is 38.7 Å². The molecule has 0 aliphatic carbocycles. The van der Waals surface area contributed by atoms with Crippen molar-refractivity contribution < 1.29 is 23.7 Å². The topological polar surface area (TPSA) is 94.2 Å². The van der Waals surface area contributed by atoms with E-state index in [0.29, 0.717) is 36.7 Å². The second-order valence-corrected chi connectivity index (χ2v) is 13.1. The molecule has 5 aromatic rings. The van der Waals surface area contributed by atoms with Gasteiger partial charge in [0.2, 0.25) is 0 Å². The maximum atomic E-state index is 13.3. The molecule has 9 nitrogen and oxygen atoms in total. The number of methoxy groups -OCH3 is 1. The van der Waals surface area contributed by atoms with Gasteiger partial charge in [-0.1, -0.05) is 18.2 Å². The first-order chi connectivity index (χ1) is 23.4. The predicted octanol–water partition coefficient (Wildman–Crippen LogP) is 7.78. The Balaban J connectivity index is 1.01. The van der Waals surface area contributed by atoms with Gasteiger partial charge in [0.1, 0.15) is 12.4 Å². The number of rotatable bonds is 10. The van der Waals surface area contributed by atoms with E-state index in [-0.39, 0.29) is 5.91 Å². The van der Waals surface area contributed by atoms with Crippen molar-refractivity contribution in [2.45, 2.75) is 26.9 Å². The van der Waals surface area contributed by atoms with Crippen LogP contribution in [0.3, 0.4) is 0 Å². The van der Waals surface area contributed by atoms with Gasteiger partial charge < -0.3 is 34.5 Å². The Hall–Kier alpha value is -5.06. The fraction of sp³-hybridized carbons (Fsp3) is 0.263. The summed E-state index contributed by atoms with van der Waals surface area (Å²) in [6, 6.07) is 26.0. The van der Waals surface area contributed by atoms with Crippen LogP contribution < -0.4 is 29.7 Å². The number of hydrogen-bond acceptors (Lipinski definition) is 9. The van der Waals surface area contributed by atoms with Crippen LogP contribution in [0.15, 0.2) is 78.9 Å². The number of nitrogens with one attached hydrogen (secondary N) is 2. The third kappa shape index (κ3) is 6.95. The Morgan fingerprint density at radius 3 is 2.40 bits per heavy atom. The van der Waals surface area contributed by atoms with Crippen LogP contribution in [-0.2, 0) is 17.8 Å². The number of anilines is 4. The predicted molar refractivity (Wildman–Crippen MR) is 191 cm³/mol. The van der Waals surface area contributed by atoms with Crippen molar-refractivity contribution in [3.05, 3.63) is 106 Å². The lowest BCUT2D eigenvalue weighted by molar-refractivity contribution is 0.102. The molecule has 1 amide bonds. The molecule has 7 rings (SSSR count). The van der Waals surface area contributed by atoms with Crippen molar-refractivity contribution in [3.63, 3.8) is 0 Å². The molecule has 0 saturated carbocycles. The number of ether oxygens (including phenoxy) is 4. The zero-order valence-corrected chi connectivity index (χ0v) is 28.1. The number of carbonyl (C=O) groups is 1. The summed E-state index contributed by atoms with van der Waals surface area (Å²) >= 11 is 1.64. The largest absolute Gasteiger partial charge is 0.493 e. The van der Waals surface area contributed by atoms with E-state index in [9.17, 15) is 4.79 Å². The first-order valence-corrected chi connectivity index (χ1v) is 16.9. The maximum Gasteiger partial charge on any atom is 0.257 e. The van der Waals surface area contributed by atoms with Gasteiger partial charge in [-0.15, -0.1) is 11.3 Å². The minimum absolute atomic E-state index is 0.161. The fourth-order valence-corrected chi connectivity index (χ4v) is 6.85. The lowest BCUT2D eigenvalue weighted by Crippen LogP contribution is -2.36. The zero-order chi connectivity index (χ0) is 33.0. The quantitative estimate of drug-likeness (QED) is 0.157. The number of aromatic nitrogens is 1. The number of carbonyl (C=O) groups excluding carboxylic acids is 1. The van der Waals surface area contributed by atoms with Crippen molar-refractivity contribution >= 4 is 40.0 Å². The number of benzene rings is 4. The smallest absolute Gasteiger partial charge is 0.257 e. The Bertz CT molecular complexity index is 1930. The summed E-state index contributed by atoms with van der Waals surface area (Å²) in [5.74, 6) is 1.98. The van der Waals surface area contributed by atoms with Gasteiger partial charge in [0, 0.05) is 25.2 Å². The van der Waals surface area contributed by atoms with Crippen LogP contribution in [0, 0.1) is 13.8 Å². The molecule has 1 fully saturated rings. The second-order valence-electron chi connectivity index (χ2n) is 11.8. The van der Waals surface area contributed by atoms with Crippen LogP contribution in [0.5, 0.6) is 17.2 Å². The Morgan fingerprint density at radius 1 is 0.833 bits per heavy atom. The van der Waals surface area contributed by atoms with Crippen LogP contribution in [0.4, 0.5) is 22.7 Å². The first kappa shape index (κ1) is 31.5. The Kier molecular flexibility index (Phi) is 9.18. The molecule has 246 valence electrons.